The Morgan fingerprint density at radius 1 is 0.875 bits per heavy atom. The van der Waals surface area contributed by atoms with E-state index in [9.17, 15) is 5.11 Å². The number of hydrogen-bond acceptors (Lipinski definition) is 1. The van der Waals surface area contributed by atoms with E-state index in [-0.39, 0.29) is 5.60 Å². The van der Waals surface area contributed by atoms with Crippen LogP contribution in [0.4, 0.5) is 0 Å². The molecule has 0 saturated heterocycles. The van der Waals surface area contributed by atoms with Gasteiger partial charge in [0.25, 0.3) is 0 Å². The predicted molar refractivity (Wildman–Crippen MR) is 70.6 cm³/mol. The van der Waals surface area contributed by atoms with Crippen LogP contribution in [0.15, 0.2) is 0 Å². The fraction of sp³-hybridized carbons (Fsp3) is 1.00. The minimum Gasteiger partial charge on any atom is -0.390 e. The third kappa shape index (κ3) is 4.86. The lowest BCUT2D eigenvalue weighted by atomic mass is 9.69. The minimum absolute atomic E-state index is 0.318. The average Bonchev–Trinajstić information content (AvgIpc) is 2.23. The molecule has 0 aromatic heterocycles. The van der Waals surface area contributed by atoms with Crippen molar-refractivity contribution >= 4 is 0 Å². The first-order chi connectivity index (χ1) is 7.47. The van der Waals surface area contributed by atoms with Crippen LogP contribution in [0.2, 0.25) is 0 Å². The smallest absolute Gasteiger partial charge is 0.0648 e. The molecule has 1 saturated carbocycles. The summed E-state index contributed by atoms with van der Waals surface area (Å²) in [4.78, 5) is 0. The van der Waals surface area contributed by atoms with E-state index < -0.39 is 0 Å². The predicted octanol–water partition coefficient (Wildman–Crippen LogP) is 4.68. The van der Waals surface area contributed by atoms with Gasteiger partial charge in [-0.2, -0.15) is 0 Å². The minimum atomic E-state index is -0.318. The van der Waals surface area contributed by atoms with Crippen molar-refractivity contribution in [2.45, 2.75) is 90.6 Å². The van der Waals surface area contributed by atoms with Crippen LogP contribution in [-0.2, 0) is 0 Å². The van der Waals surface area contributed by atoms with Crippen LogP contribution in [0.1, 0.15) is 85.0 Å². The molecule has 16 heavy (non-hydrogen) atoms. The van der Waals surface area contributed by atoms with E-state index in [4.69, 9.17) is 0 Å². The van der Waals surface area contributed by atoms with Crippen molar-refractivity contribution in [2.24, 2.45) is 5.41 Å². The molecule has 0 aromatic rings. The molecule has 1 nitrogen and oxygen atoms in total. The van der Waals surface area contributed by atoms with Crippen molar-refractivity contribution in [3.63, 3.8) is 0 Å². The zero-order valence-electron chi connectivity index (χ0n) is 11.5. The van der Waals surface area contributed by atoms with Crippen molar-refractivity contribution in [2.75, 3.05) is 0 Å². The lowest BCUT2D eigenvalue weighted by molar-refractivity contribution is -0.0337. The molecule has 0 atom stereocenters. The van der Waals surface area contributed by atoms with Crippen LogP contribution in [0.3, 0.4) is 0 Å². The van der Waals surface area contributed by atoms with Crippen molar-refractivity contribution in [3.8, 4) is 0 Å². The largest absolute Gasteiger partial charge is 0.390 e. The van der Waals surface area contributed by atoms with E-state index in [1.165, 1.54) is 44.9 Å². The highest BCUT2D eigenvalue weighted by molar-refractivity contribution is 4.88. The summed E-state index contributed by atoms with van der Waals surface area (Å²) in [6, 6.07) is 0. The molecular weight excluding hydrogens is 196 g/mol. The first-order valence-corrected chi connectivity index (χ1v) is 7.20. The van der Waals surface area contributed by atoms with E-state index in [1.54, 1.807) is 0 Å². The van der Waals surface area contributed by atoms with Gasteiger partial charge in [-0.05, 0) is 37.5 Å². The molecule has 0 heterocycles. The first-order valence-electron chi connectivity index (χ1n) is 7.20. The van der Waals surface area contributed by atoms with Gasteiger partial charge in [0.05, 0.1) is 5.60 Å². The summed E-state index contributed by atoms with van der Waals surface area (Å²) in [7, 11) is 0. The lowest BCUT2D eigenvalue weighted by Crippen LogP contribution is -2.36. The van der Waals surface area contributed by atoms with E-state index >= 15 is 0 Å². The zero-order valence-corrected chi connectivity index (χ0v) is 11.5. The van der Waals surface area contributed by atoms with Gasteiger partial charge in [-0.15, -0.1) is 0 Å². The molecule has 1 aliphatic rings. The van der Waals surface area contributed by atoms with Gasteiger partial charge < -0.3 is 5.11 Å². The van der Waals surface area contributed by atoms with Crippen molar-refractivity contribution < 1.29 is 5.11 Å². The van der Waals surface area contributed by atoms with Gasteiger partial charge in [-0.3, -0.25) is 0 Å². The molecule has 1 heteroatoms. The van der Waals surface area contributed by atoms with Gasteiger partial charge in [0.15, 0.2) is 0 Å². The molecule has 0 amide bonds. The van der Waals surface area contributed by atoms with Crippen LogP contribution in [0, 0.1) is 5.41 Å². The second-order valence-corrected chi connectivity index (χ2v) is 6.55. The molecule has 1 fully saturated rings. The molecule has 96 valence electrons. The van der Waals surface area contributed by atoms with Gasteiger partial charge in [0, 0.05) is 0 Å². The topological polar surface area (TPSA) is 20.2 Å². The summed E-state index contributed by atoms with van der Waals surface area (Å²) in [6.45, 7) is 6.90. The molecule has 1 aliphatic carbocycles. The standard InChI is InChI=1S/C15H30O/c1-4-5-6-7-8-9-15(16)12-10-14(2,3)11-13-15/h16H,4-13H2,1-3H3. The fourth-order valence-electron chi connectivity index (χ4n) is 2.70. The normalized spacial score (nSPS) is 23.2. The van der Waals surface area contributed by atoms with Gasteiger partial charge in [0.1, 0.15) is 0 Å². The number of aliphatic hydroxyl groups is 1. The molecule has 1 N–H and O–H groups in total. The molecule has 1 rings (SSSR count). The van der Waals surface area contributed by atoms with E-state index in [2.05, 4.69) is 20.8 Å². The Balaban J connectivity index is 2.16. The van der Waals surface area contributed by atoms with Crippen molar-refractivity contribution in [1.82, 2.24) is 0 Å². The monoisotopic (exact) mass is 226 g/mol. The van der Waals surface area contributed by atoms with Crippen LogP contribution < -0.4 is 0 Å². The highest BCUT2D eigenvalue weighted by Gasteiger charge is 2.35. The number of unbranched alkanes of at least 4 members (excludes halogenated alkanes) is 4. The summed E-state index contributed by atoms with van der Waals surface area (Å²) < 4.78 is 0. The van der Waals surface area contributed by atoms with E-state index in [1.807, 2.05) is 0 Å². The molecular formula is C15H30O. The van der Waals surface area contributed by atoms with Gasteiger partial charge in [0.2, 0.25) is 0 Å². The summed E-state index contributed by atoms with van der Waals surface area (Å²) in [5.74, 6) is 0. The third-order valence-corrected chi connectivity index (χ3v) is 4.28. The summed E-state index contributed by atoms with van der Waals surface area (Å²) in [5, 5.41) is 10.5. The van der Waals surface area contributed by atoms with Crippen LogP contribution in [-0.4, -0.2) is 10.7 Å². The van der Waals surface area contributed by atoms with Crippen LogP contribution in [0.25, 0.3) is 0 Å². The Morgan fingerprint density at radius 2 is 1.44 bits per heavy atom. The molecule has 0 unspecified atom stereocenters. The van der Waals surface area contributed by atoms with Crippen LogP contribution >= 0.6 is 0 Å². The number of rotatable bonds is 6. The van der Waals surface area contributed by atoms with Crippen molar-refractivity contribution in [1.29, 1.82) is 0 Å². The Hall–Kier alpha value is -0.0400. The second kappa shape index (κ2) is 6.05. The highest BCUT2D eigenvalue weighted by atomic mass is 16.3. The highest BCUT2D eigenvalue weighted by Crippen LogP contribution is 2.42. The van der Waals surface area contributed by atoms with E-state index in [0.717, 1.165) is 19.3 Å². The summed E-state index contributed by atoms with van der Waals surface area (Å²) in [6.07, 6.45) is 12.0. The summed E-state index contributed by atoms with van der Waals surface area (Å²) in [5.41, 5.74) is 0.149. The SMILES string of the molecule is CCCCCCCC1(O)CCC(C)(C)CC1. The Bertz CT molecular complexity index is 186. The second-order valence-electron chi connectivity index (χ2n) is 6.55. The quantitative estimate of drug-likeness (QED) is 0.652. The molecule has 0 radical (unpaired) electrons. The summed E-state index contributed by atoms with van der Waals surface area (Å²) >= 11 is 0. The maximum absolute atomic E-state index is 10.5. The van der Waals surface area contributed by atoms with Gasteiger partial charge in [-0.1, -0.05) is 52.9 Å². The molecule has 0 aromatic carbocycles. The maximum Gasteiger partial charge on any atom is 0.0648 e. The zero-order chi connectivity index (χ0) is 12.1. The van der Waals surface area contributed by atoms with Crippen molar-refractivity contribution in [3.05, 3.63) is 0 Å². The lowest BCUT2D eigenvalue weighted by Gasteiger charge is -2.40. The van der Waals surface area contributed by atoms with Crippen LogP contribution in [0.5, 0.6) is 0 Å². The van der Waals surface area contributed by atoms with E-state index in [0.29, 0.717) is 5.41 Å². The Morgan fingerprint density at radius 3 is 2.00 bits per heavy atom. The van der Waals surface area contributed by atoms with Gasteiger partial charge >= 0.3 is 0 Å². The molecule has 0 aliphatic heterocycles. The Labute approximate surface area is 102 Å². The maximum atomic E-state index is 10.5. The Kier molecular flexibility index (Phi) is 5.30. The number of hydrogen-bond donors (Lipinski definition) is 1. The average molecular weight is 226 g/mol. The first kappa shape index (κ1) is 14.0. The van der Waals surface area contributed by atoms with Gasteiger partial charge in [-0.25, -0.2) is 0 Å². The molecule has 0 bridgehead atoms. The molecule has 0 spiro atoms. The fourth-order valence-corrected chi connectivity index (χ4v) is 2.70. The third-order valence-electron chi connectivity index (χ3n) is 4.28.